The van der Waals surface area contributed by atoms with Crippen molar-refractivity contribution in [2.75, 3.05) is 20.7 Å². The summed E-state index contributed by atoms with van der Waals surface area (Å²) in [6.07, 6.45) is 0.0163. The lowest BCUT2D eigenvalue weighted by Gasteiger charge is -2.21. The summed E-state index contributed by atoms with van der Waals surface area (Å²) >= 11 is 1.62. The lowest BCUT2D eigenvalue weighted by molar-refractivity contribution is 0.119. The highest BCUT2D eigenvalue weighted by molar-refractivity contribution is 7.09. The molecular weight excluding hydrogens is 350 g/mol. The molecule has 0 aliphatic carbocycles. The molecule has 1 atom stereocenters. The van der Waals surface area contributed by atoms with Crippen molar-refractivity contribution in [1.82, 2.24) is 20.4 Å². The van der Waals surface area contributed by atoms with Gasteiger partial charge >= 0.3 is 0 Å². The second-order valence-corrected chi connectivity index (χ2v) is 7.34. The van der Waals surface area contributed by atoms with Gasteiger partial charge in [0.2, 0.25) is 0 Å². The number of thiazole rings is 1. The smallest absolute Gasteiger partial charge is 0.194 e. The molecule has 7 nitrogen and oxygen atoms in total. The van der Waals surface area contributed by atoms with Crippen LogP contribution in [-0.2, 0) is 17.8 Å². The maximum atomic E-state index is 5.37. The average Bonchev–Trinajstić information content (AvgIpc) is 3.27. The molecule has 0 saturated heterocycles. The van der Waals surface area contributed by atoms with Crippen LogP contribution in [0.5, 0.6) is 0 Å². The fourth-order valence-electron chi connectivity index (χ4n) is 2.30. The third kappa shape index (κ3) is 5.54. The molecule has 2 heterocycles. The Morgan fingerprint density at radius 3 is 2.81 bits per heavy atom. The normalized spacial score (nSPS) is 13.3. The second kappa shape index (κ2) is 9.68. The molecular formula is C18H29N5O2S. The Balaban J connectivity index is 2.03. The van der Waals surface area contributed by atoms with Crippen molar-refractivity contribution in [3.8, 4) is 0 Å². The van der Waals surface area contributed by atoms with Crippen LogP contribution < -0.4 is 5.32 Å². The lowest BCUT2D eigenvalue weighted by atomic mass is 10.1. The molecule has 8 heteroatoms. The van der Waals surface area contributed by atoms with Crippen LogP contribution in [0, 0.1) is 0 Å². The Kier molecular flexibility index (Phi) is 7.59. The van der Waals surface area contributed by atoms with Crippen LogP contribution >= 0.6 is 11.3 Å². The fourth-order valence-corrected chi connectivity index (χ4v) is 3.14. The third-order valence-electron chi connectivity index (χ3n) is 3.92. The van der Waals surface area contributed by atoms with E-state index in [1.165, 1.54) is 0 Å². The minimum atomic E-state index is 0.0163. The molecule has 0 aliphatic heterocycles. The first-order valence-corrected chi connectivity index (χ1v) is 9.74. The molecule has 0 saturated carbocycles. The summed E-state index contributed by atoms with van der Waals surface area (Å²) in [6.45, 7) is 10.2. The number of aromatic nitrogens is 2. The maximum Gasteiger partial charge on any atom is 0.194 e. The van der Waals surface area contributed by atoms with Crippen molar-refractivity contribution in [2.24, 2.45) is 4.99 Å². The van der Waals surface area contributed by atoms with Gasteiger partial charge in [-0.25, -0.2) is 9.98 Å². The molecule has 0 spiro atoms. The van der Waals surface area contributed by atoms with Crippen molar-refractivity contribution < 1.29 is 9.26 Å². The van der Waals surface area contributed by atoms with E-state index in [-0.39, 0.29) is 6.10 Å². The van der Waals surface area contributed by atoms with Gasteiger partial charge in [-0.05, 0) is 19.8 Å². The van der Waals surface area contributed by atoms with Gasteiger partial charge in [-0.2, -0.15) is 0 Å². The number of methoxy groups -OCH3 is 1. The Labute approximate surface area is 159 Å². The van der Waals surface area contributed by atoms with Crippen LogP contribution in [0.25, 0.3) is 0 Å². The first-order valence-electron chi connectivity index (χ1n) is 8.86. The maximum absolute atomic E-state index is 5.37. The van der Waals surface area contributed by atoms with Crippen molar-refractivity contribution in [1.29, 1.82) is 0 Å². The van der Waals surface area contributed by atoms with Gasteiger partial charge in [-0.3, -0.25) is 0 Å². The number of hydrogen-bond acceptors (Lipinski definition) is 6. The van der Waals surface area contributed by atoms with Crippen LogP contribution in [0.15, 0.2) is 21.0 Å². The summed E-state index contributed by atoms with van der Waals surface area (Å²) in [7, 11) is 3.70. The van der Waals surface area contributed by atoms with Crippen molar-refractivity contribution in [3.05, 3.63) is 33.6 Å². The Morgan fingerprint density at radius 1 is 1.42 bits per heavy atom. The molecule has 2 aromatic heterocycles. The van der Waals surface area contributed by atoms with Crippen LogP contribution in [0.1, 0.15) is 61.9 Å². The van der Waals surface area contributed by atoms with Crippen LogP contribution in [0.2, 0.25) is 0 Å². The summed E-state index contributed by atoms with van der Waals surface area (Å²) in [5, 5.41) is 10.4. The quantitative estimate of drug-likeness (QED) is 0.558. The third-order valence-corrected chi connectivity index (χ3v) is 4.97. The zero-order chi connectivity index (χ0) is 19.1. The molecule has 26 heavy (non-hydrogen) atoms. The molecule has 0 amide bonds. The van der Waals surface area contributed by atoms with Gasteiger partial charge in [0.05, 0.1) is 17.9 Å². The SMILES string of the molecule is CCNC(=NCc1cc(C(C)C)no1)N(C)Cc1csc(C(C)OC)n1. The highest BCUT2D eigenvalue weighted by Gasteiger charge is 2.13. The molecule has 0 bridgehead atoms. The lowest BCUT2D eigenvalue weighted by Crippen LogP contribution is -2.38. The topological polar surface area (TPSA) is 75.8 Å². The van der Waals surface area contributed by atoms with E-state index in [0.29, 0.717) is 19.0 Å². The monoisotopic (exact) mass is 379 g/mol. The largest absolute Gasteiger partial charge is 0.375 e. The van der Waals surface area contributed by atoms with E-state index in [9.17, 15) is 0 Å². The molecule has 1 N–H and O–H groups in total. The number of guanidine groups is 1. The van der Waals surface area contributed by atoms with Gasteiger partial charge in [0.25, 0.3) is 0 Å². The molecule has 1 unspecified atom stereocenters. The zero-order valence-corrected chi connectivity index (χ0v) is 17.3. The van der Waals surface area contributed by atoms with E-state index < -0.39 is 0 Å². The van der Waals surface area contributed by atoms with Gasteiger partial charge < -0.3 is 19.5 Å². The van der Waals surface area contributed by atoms with E-state index in [1.807, 2.05) is 20.0 Å². The second-order valence-electron chi connectivity index (χ2n) is 6.45. The Hall–Kier alpha value is -1.93. The van der Waals surface area contributed by atoms with Gasteiger partial charge in [-0.15, -0.1) is 11.3 Å². The predicted molar refractivity (Wildman–Crippen MR) is 104 cm³/mol. The van der Waals surface area contributed by atoms with Crippen molar-refractivity contribution >= 4 is 17.3 Å². The minimum absolute atomic E-state index is 0.0163. The highest BCUT2D eigenvalue weighted by Crippen LogP contribution is 2.21. The summed E-state index contributed by atoms with van der Waals surface area (Å²) < 4.78 is 10.7. The average molecular weight is 380 g/mol. The van der Waals surface area contributed by atoms with Gasteiger partial charge in [0.15, 0.2) is 11.7 Å². The van der Waals surface area contributed by atoms with E-state index in [4.69, 9.17) is 9.26 Å². The van der Waals surface area contributed by atoms with Crippen LogP contribution in [0.3, 0.4) is 0 Å². The standard InChI is InChI=1S/C18H29N5O2S/c1-7-19-18(20-9-15-8-16(12(2)3)22-25-15)23(5)10-14-11-26-17(21-14)13(4)24-6/h8,11-13H,7,9-10H2,1-6H3,(H,19,20). The first-order chi connectivity index (χ1) is 12.4. The van der Waals surface area contributed by atoms with E-state index in [1.54, 1.807) is 18.4 Å². The predicted octanol–water partition coefficient (Wildman–Crippen LogP) is 3.56. The molecule has 144 valence electrons. The summed E-state index contributed by atoms with van der Waals surface area (Å²) in [4.78, 5) is 11.4. The van der Waals surface area contributed by atoms with Gasteiger partial charge in [0.1, 0.15) is 17.7 Å². The fraction of sp³-hybridized carbons (Fsp3) is 0.611. The van der Waals surface area contributed by atoms with E-state index >= 15 is 0 Å². The number of hydrogen-bond donors (Lipinski definition) is 1. The number of aliphatic imine (C=N–C) groups is 1. The van der Waals surface area contributed by atoms with Crippen LogP contribution in [-0.4, -0.2) is 41.7 Å². The summed E-state index contributed by atoms with van der Waals surface area (Å²) in [5.74, 6) is 1.92. The molecule has 0 fully saturated rings. The van der Waals surface area contributed by atoms with Gasteiger partial charge in [0, 0.05) is 32.1 Å². The van der Waals surface area contributed by atoms with Crippen molar-refractivity contribution in [2.45, 2.75) is 52.8 Å². The molecule has 0 radical (unpaired) electrons. The van der Waals surface area contributed by atoms with E-state index in [0.717, 1.165) is 34.7 Å². The number of rotatable bonds is 8. The minimum Gasteiger partial charge on any atom is -0.375 e. The molecule has 2 aromatic rings. The zero-order valence-electron chi connectivity index (χ0n) is 16.4. The summed E-state index contributed by atoms with van der Waals surface area (Å²) in [5.41, 5.74) is 1.96. The first kappa shape index (κ1) is 20.4. The molecule has 2 rings (SSSR count). The molecule has 0 aromatic carbocycles. The van der Waals surface area contributed by atoms with Crippen molar-refractivity contribution in [3.63, 3.8) is 0 Å². The Morgan fingerprint density at radius 2 is 2.19 bits per heavy atom. The van der Waals surface area contributed by atoms with Crippen LogP contribution in [0.4, 0.5) is 0 Å². The highest BCUT2D eigenvalue weighted by atomic mass is 32.1. The number of nitrogens with zero attached hydrogens (tertiary/aromatic N) is 4. The number of nitrogens with one attached hydrogen (secondary N) is 1. The Bertz CT molecular complexity index is 710. The van der Waals surface area contributed by atoms with Gasteiger partial charge in [-0.1, -0.05) is 19.0 Å². The molecule has 0 aliphatic rings. The van der Waals surface area contributed by atoms with E-state index in [2.05, 4.69) is 51.5 Å². The summed E-state index contributed by atoms with van der Waals surface area (Å²) in [6, 6.07) is 1.97. The number of ether oxygens (including phenoxy) is 1.